The summed E-state index contributed by atoms with van der Waals surface area (Å²) >= 11 is 11.8. The van der Waals surface area contributed by atoms with Crippen LogP contribution in [0.25, 0.3) is 6.08 Å². The number of aromatic hydroxyl groups is 1. The Morgan fingerprint density at radius 1 is 1.04 bits per heavy atom. The van der Waals surface area contributed by atoms with Gasteiger partial charge in [-0.15, -0.1) is 0 Å². The molecular formula is C20H14Cl2O4. The number of hydrogen-bond acceptors (Lipinski definition) is 4. The van der Waals surface area contributed by atoms with Gasteiger partial charge in [-0.2, -0.15) is 0 Å². The van der Waals surface area contributed by atoms with E-state index in [1.165, 1.54) is 18.2 Å². The standard InChI is InChI=1S/C20H14Cl2O4/c21-18-9-7-16(11-19(18)22)25-12-17-6-5-15(26-17)8-10-20(24)13-1-3-14(23)4-2-13/h1-11,23H,12H2/b10-8+. The molecule has 26 heavy (non-hydrogen) atoms. The smallest absolute Gasteiger partial charge is 0.185 e. The largest absolute Gasteiger partial charge is 0.508 e. The highest BCUT2D eigenvalue weighted by molar-refractivity contribution is 6.42. The molecule has 0 unspecified atom stereocenters. The van der Waals surface area contributed by atoms with Gasteiger partial charge in [-0.25, -0.2) is 0 Å². The van der Waals surface area contributed by atoms with Crippen molar-refractivity contribution < 1.29 is 19.1 Å². The summed E-state index contributed by atoms with van der Waals surface area (Å²) in [5.74, 6) is 1.64. The molecule has 4 nitrogen and oxygen atoms in total. The number of furan rings is 1. The van der Waals surface area contributed by atoms with E-state index in [-0.39, 0.29) is 18.1 Å². The molecule has 0 atom stereocenters. The number of ether oxygens (including phenoxy) is 1. The maximum absolute atomic E-state index is 12.0. The third-order valence-corrected chi connectivity index (χ3v) is 4.24. The molecule has 6 heteroatoms. The van der Waals surface area contributed by atoms with Crippen LogP contribution in [0.3, 0.4) is 0 Å². The maximum Gasteiger partial charge on any atom is 0.185 e. The number of rotatable bonds is 6. The summed E-state index contributed by atoms with van der Waals surface area (Å²) in [7, 11) is 0. The molecule has 1 N–H and O–H groups in total. The topological polar surface area (TPSA) is 59.7 Å². The number of phenols is 1. The molecule has 0 aliphatic carbocycles. The summed E-state index contributed by atoms with van der Waals surface area (Å²) in [5, 5.41) is 10.1. The van der Waals surface area contributed by atoms with Gasteiger partial charge in [0.25, 0.3) is 0 Å². The van der Waals surface area contributed by atoms with E-state index < -0.39 is 0 Å². The second-order valence-electron chi connectivity index (χ2n) is 5.41. The average Bonchev–Trinajstić information content (AvgIpc) is 3.09. The van der Waals surface area contributed by atoms with Crippen LogP contribution in [-0.4, -0.2) is 10.9 Å². The van der Waals surface area contributed by atoms with Crippen molar-refractivity contribution in [3.05, 3.63) is 87.8 Å². The van der Waals surface area contributed by atoms with E-state index in [0.29, 0.717) is 32.9 Å². The first kappa shape index (κ1) is 18.1. The summed E-state index contributed by atoms with van der Waals surface area (Å²) in [6.45, 7) is 0.220. The molecule has 0 aliphatic rings. The normalized spacial score (nSPS) is 11.0. The van der Waals surface area contributed by atoms with E-state index in [4.69, 9.17) is 32.4 Å². The average molecular weight is 389 g/mol. The van der Waals surface area contributed by atoms with Crippen LogP contribution in [0.5, 0.6) is 11.5 Å². The van der Waals surface area contributed by atoms with E-state index in [1.807, 2.05) is 0 Å². The number of allylic oxidation sites excluding steroid dienone is 1. The highest BCUT2D eigenvalue weighted by atomic mass is 35.5. The second-order valence-corrected chi connectivity index (χ2v) is 6.23. The van der Waals surface area contributed by atoms with Crippen molar-refractivity contribution in [2.75, 3.05) is 0 Å². The molecule has 3 rings (SSSR count). The quantitative estimate of drug-likeness (QED) is 0.430. The van der Waals surface area contributed by atoms with Gasteiger partial charge in [0.2, 0.25) is 0 Å². The maximum atomic E-state index is 12.0. The minimum absolute atomic E-state index is 0.114. The molecule has 0 fully saturated rings. The molecule has 0 saturated carbocycles. The number of hydrogen-bond donors (Lipinski definition) is 1. The molecular weight excluding hydrogens is 375 g/mol. The van der Waals surface area contributed by atoms with E-state index >= 15 is 0 Å². The summed E-state index contributed by atoms with van der Waals surface area (Å²) in [6.07, 6.45) is 2.99. The van der Waals surface area contributed by atoms with Crippen LogP contribution in [0.2, 0.25) is 10.0 Å². The first-order chi connectivity index (χ1) is 12.5. The van der Waals surface area contributed by atoms with Gasteiger partial charge in [0.05, 0.1) is 10.0 Å². The number of halogens is 2. The highest BCUT2D eigenvalue weighted by Crippen LogP contribution is 2.27. The van der Waals surface area contributed by atoms with Gasteiger partial charge in [-0.1, -0.05) is 23.2 Å². The number of carbonyl (C=O) groups excluding carboxylic acids is 1. The minimum Gasteiger partial charge on any atom is -0.508 e. The van der Waals surface area contributed by atoms with Gasteiger partial charge in [0.1, 0.15) is 29.6 Å². The van der Waals surface area contributed by atoms with Crippen LogP contribution in [-0.2, 0) is 6.61 Å². The molecule has 1 heterocycles. The van der Waals surface area contributed by atoms with Crippen molar-refractivity contribution in [2.24, 2.45) is 0 Å². The monoisotopic (exact) mass is 388 g/mol. The van der Waals surface area contributed by atoms with Crippen LogP contribution < -0.4 is 4.74 Å². The number of ketones is 1. The predicted octanol–water partition coefficient (Wildman–Crippen LogP) is 5.77. The van der Waals surface area contributed by atoms with Crippen LogP contribution in [0.15, 0.2) is 65.1 Å². The molecule has 2 aromatic carbocycles. The minimum atomic E-state index is -0.185. The number of benzene rings is 2. The Bertz CT molecular complexity index is 943. The van der Waals surface area contributed by atoms with Gasteiger partial charge >= 0.3 is 0 Å². The summed E-state index contributed by atoms with van der Waals surface area (Å²) in [5.41, 5.74) is 0.480. The van der Waals surface area contributed by atoms with Crippen LogP contribution in [0.1, 0.15) is 21.9 Å². The van der Waals surface area contributed by atoms with Crippen LogP contribution in [0, 0.1) is 0 Å². The van der Waals surface area contributed by atoms with Gasteiger partial charge in [0.15, 0.2) is 5.78 Å². The Balaban J connectivity index is 1.59. The molecule has 0 bridgehead atoms. The Hall–Kier alpha value is -2.69. The fourth-order valence-corrected chi connectivity index (χ4v) is 2.45. The lowest BCUT2D eigenvalue weighted by Crippen LogP contribution is -1.93. The van der Waals surface area contributed by atoms with Crippen molar-refractivity contribution in [1.82, 2.24) is 0 Å². The van der Waals surface area contributed by atoms with Gasteiger partial charge < -0.3 is 14.3 Å². The second kappa shape index (κ2) is 8.13. The lowest BCUT2D eigenvalue weighted by atomic mass is 10.1. The zero-order valence-electron chi connectivity index (χ0n) is 13.5. The molecule has 3 aromatic rings. The molecule has 0 aliphatic heterocycles. The molecule has 0 amide bonds. The van der Waals surface area contributed by atoms with Crippen LogP contribution >= 0.6 is 23.2 Å². The lowest BCUT2D eigenvalue weighted by Gasteiger charge is -2.05. The molecule has 0 saturated heterocycles. The summed E-state index contributed by atoms with van der Waals surface area (Å²) < 4.78 is 11.2. The van der Waals surface area contributed by atoms with Crippen molar-refractivity contribution >= 4 is 35.1 Å². The number of phenolic OH excluding ortho intramolecular Hbond substituents is 1. The Kier molecular flexibility index (Phi) is 5.66. The third-order valence-electron chi connectivity index (χ3n) is 3.51. The zero-order valence-corrected chi connectivity index (χ0v) is 15.0. The summed E-state index contributed by atoms with van der Waals surface area (Å²) in [6, 6.07) is 14.6. The first-order valence-corrected chi connectivity index (χ1v) is 8.45. The first-order valence-electron chi connectivity index (χ1n) is 7.69. The van der Waals surface area contributed by atoms with E-state index in [0.717, 1.165) is 0 Å². The highest BCUT2D eigenvalue weighted by Gasteiger charge is 2.05. The van der Waals surface area contributed by atoms with Crippen molar-refractivity contribution in [1.29, 1.82) is 0 Å². The molecule has 1 aromatic heterocycles. The van der Waals surface area contributed by atoms with Crippen LogP contribution in [0.4, 0.5) is 0 Å². The molecule has 0 spiro atoms. The fraction of sp³-hybridized carbons (Fsp3) is 0.0500. The van der Waals surface area contributed by atoms with Crippen molar-refractivity contribution in [3.63, 3.8) is 0 Å². The van der Waals surface area contributed by atoms with E-state index in [9.17, 15) is 9.90 Å². The number of carbonyl (C=O) groups is 1. The zero-order chi connectivity index (χ0) is 18.5. The van der Waals surface area contributed by atoms with Gasteiger partial charge in [0, 0.05) is 11.6 Å². The van der Waals surface area contributed by atoms with Gasteiger partial charge in [-0.3, -0.25) is 4.79 Å². The van der Waals surface area contributed by atoms with Crippen molar-refractivity contribution in [3.8, 4) is 11.5 Å². The fourth-order valence-electron chi connectivity index (χ4n) is 2.16. The lowest BCUT2D eigenvalue weighted by molar-refractivity contribution is 0.104. The Labute approximate surface area is 160 Å². The van der Waals surface area contributed by atoms with E-state index in [1.54, 1.807) is 48.5 Å². The van der Waals surface area contributed by atoms with Gasteiger partial charge in [-0.05, 0) is 60.7 Å². The molecule has 132 valence electrons. The van der Waals surface area contributed by atoms with Crippen molar-refractivity contribution in [2.45, 2.75) is 6.61 Å². The Morgan fingerprint density at radius 2 is 1.81 bits per heavy atom. The predicted molar refractivity (Wildman–Crippen MR) is 101 cm³/mol. The summed E-state index contributed by atoms with van der Waals surface area (Å²) in [4.78, 5) is 12.0. The SMILES string of the molecule is O=C(/C=C/c1ccc(COc2ccc(Cl)c(Cl)c2)o1)c1ccc(O)cc1. The molecule has 0 radical (unpaired) electrons. The third kappa shape index (κ3) is 4.69. The van der Waals surface area contributed by atoms with E-state index in [2.05, 4.69) is 0 Å². The Morgan fingerprint density at radius 3 is 2.54 bits per heavy atom.